The first-order valence-electron chi connectivity index (χ1n) is 27.0. The minimum Gasteiger partial charge on any atom is -0.396 e. The van der Waals surface area contributed by atoms with Crippen LogP contribution in [-0.2, 0) is 4.79 Å². The molecule has 5 heteroatoms. The van der Waals surface area contributed by atoms with Gasteiger partial charge in [0.25, 0.3) is 0 Å². The van der Waals surface area contributed by atoms with Crippen molar-refractivity contribution in [1.82, 2.24) is 5.32 Å². The van der Waals surface area contributed by atoms with E-state index in [0.717, 1.165) is 32.1 Å². The average Bonchev–Trinajstić information content (AvgIpc) is 3.24. The molecule has 1 amide bonds. The van der Waals surface area contributed by atoms with Gasteiger partial charge in [0.1, 0.15) is 0 Å². The molecule has 0 rings (SSSR count). The monoisotopic (exact) mass is 834 g/mol. The molecular formula is C54H107NO4. The number of aliphatic hydroxyl groups excluding tert-OH is 3. The van der Waals surface area contributed by atoms with Crippen molar-refractivity contribution in [3.05, 3.63) is 12.2 Å². The fourth-order valence-corrected chi connectivity index (χ4v) is 8.69. The number of hydrogen-bond acceptors (Lipinski definition) is 4. The SMILES string of the molecule is CCCCCCCCCCCCC/C=C/[C@@H](O)[C@H](CO)NC(=O)CCCCCCCCCCCCCCCCCCCCCCCCCCCCCCCCCCCO. The molecular weight excluding hydrogens is 727 g/mol. The molecule has 5 nitrogen and oxygen atoms in total. The number of allylic oxidation sites excluding steroid dienone is 1. The van der Waals surface area contributed by atoms with Crippen molar-refractivity contribution in [3.63, 3.8) is 0 Å². The van der Waals surface area contributed by atoms with Crippen LogP contribution >= 0.6 is 0 Å². The molecule has 0 radical (unpaired) electrons. The minimum atomic E-state index is -0.836. The predicted octanol–water partition coefficient (Wildman–Crippen LogP) is 16.3. The van der Waals surface area contributed by atoms with Gasteiger partial charge in [-0.1, -0.05) is 282 Å². The molecule has 0 spiro atoms. The third kappa shape index (κ3) is 48.0. The van der Waals surface area contributed by atoms with Gasteiger partial charge in [-0.2, -0.15) is 0 Å². The van der Waals surface area contributed by atoms with Crippen LogP contribution in [0.1, 0.15) is 302 Å². The smallest absolute Gasteiger partial charge is 0.220 e. The van der Waals surface area contributed by atoms with Crippen molar-refractivity contribution in [2.45, 2.75) is 314 Å². The number of nitrogens with one attached hydrogen (secondary N) is 1. The maximum atomic E-state index is 12.4. The van der Waals surface area contributed by atoms with Crippen LogP contribution in [0.15, 0.2) is 12.2 Å². The van der Waals surface area contributed by atoms with Gasteiger partial charge in [0.2, 0.25) is 5.91 Å². The van der Waals surface area contributed by atoms with Gasteiger partial charge in [-0.25, -0.2) is 0 Å². The van der Waals surface area contributed by atoms with E-state index in [2.05, 4.69) is 12.2 Å². The van der Waals surface area contributed by atoms with Crippen molar-refractivity contribution < 1.29 is 20.1 Å². The summed E-state index contributed by atoms with van der Waals surface area (Å²) < 4.78 is 0. The van der Waals surface area contributed by atoms with Crippen molar-refractivity contribution >= 4 is 5.91 Å². The van der Waals surface area contributed by atoms with Crippen LogP contribution in [0.3, 0.4) is 0 Å². The van der Waals surface area contributed by atoms with E-state index < -0.39 is 12.1 Å². The molecule has 0 aromatic heterocycles. The van der Waals surface area contributed by atoms with Gasteiger partial charge in [0.15, 0.2) is 0 Å². The molecule has 0 saturated carbocycles. The van der Waals surface area contributed by atoms with Gasteiger partial charge >= 0.3 is 0 Å². The summed E-state index contributed by atoms with van der Waals surface area (Å²) >= 11 is 0. The zero-order valence-corrected chi connectivity index (χ0v) is 40.0. The van der Waals surface area contributed by atoms with E-state index in [4.69, 9.17) is 5.11 Å². The van der Waals surface area contributed by atoms with Crippen LogP contribution in [-0.4, -0.2) is 46.6 Å². The number of aliphatic hydroxyl groups is 3. The summed E-state index contributed by atoms with van der Waals surface area (Å²) in [4.78, 5) is 12.4. The lowest BCUT2D eigenvalue weighted by atomic mass is 10.0. The van der Waals surface area contributed by atoms with Crippen LogP contribution in [0.5, 0.6) is 0 Å². The number of carbonyl (C=O) groups is 1. The average molecular weight is 834 g/mol. The Morgan fingerprint density at radius 3 is 0.966 bits per heavy atom. The molecule has 0 fully saturated rings. The second-order valence-corrected chi connectivity index (χ2v) is 18.7. The Morgan fingerprint density at radius 1 is 0.407 bits per heavy atom. The molecule has 0 heterocycles. The molecule has 0 bridgehead atoms. The molecule has 0 aromatic rings. The van der Waals surface area contributed by atoms with Crippen LogP contribution in [0.25, 0.3) is 0 Å². The second kappa shape index (κ2) is 51.4. The highest BCUT2D eigenvalue weighted by Gasteiger charge is 2.18. The molecule has 0 aliphatic heterocycles. The number of hydrogen-bond donors (Lipinski definition) is 4. The fraction of sp³-hybridized carbons (Fsp3) is 0.944. The third-order valence-corrected chi connectivity index (χ3v) is 12.8. The topological polar surface area (TPSA) is 89.8 Å². The van der Waals surface area contributed by atoms with Crippen molar-refractivity contribution in [2.75, 3.05) is 13.2 Å². The molecule has 0 aliphatic carbocycles. The normalized spacial score (nSPS) is 12.8. The number of unbranched alkanes of at least 4 members (excludes halogenated alkanes) is 43. The lowest BCUT2D eigenvalue weighted by molar-refractivity contribution is -0.123. The van der Waals surface area contributed by atoms with Crippen LogP contribution in [0.4, 0.5) is 0 Å². The first-order chi connectivity index (χ1) is 29.2. The van der Waals surface area contributed by atoms with E-state index in [1.54, 1.807) is 6.08 Å². The number of amides is 1. The molecule has 0 saturated heterocycles. The largest absolute Gasteiger partial charge is 0.396 e. The van der Waals surface area contributed by atoms with Gasteiger partial charge < -0.3 is 20.6 Å². The Balaban J connectivity index is 3.37. The Kier molecular flexibility index (Phi) is 50.6. The lowest BCUT2D eigenvalue weighted by Gasteiger charge is -2.20. The zero-order chi connectivity index (χ0) is 42.8. The molecule has 352 valence electrons. The summed E-state index contributed by atoms with van der Waals surface area (Å²) in [5, 5.41) is 31.9. The second-order valence-electron chi connectivity index (χ2n) is 18.7. The van der Waals surface area contributed by atoms with Crippen LogP contribution in [0, 0.1) is 0 Å². The fourth-order valence-electron chi connectivity index (χ4n) is 8.69. The first-order valence-corrected chi connectivity index (χ1v) is 27.0. The van der Waals surface area contributed by atoms with E-state index in [1.165, 1.54) is 257 Å². The van der Waals surface area contributed by atoms with Gasteiger partial charge in [-0.05, 0) is 25.7 Å². The van der Waals surface area contributed by atoms with Gasteiger partial charge in [0, 0.05) is 13.0 Å². The standard InChI is InChI=1S/C54H107NO4/c1-2-3-4-5-6-7-8-30-33-36-39-42-45-48-53(58)52(51-57)55-54(59)49-46-43-40-37-34-31-28-26-24-22-20-18-16-14-12-10-9-11-13-15-17-19-21-23-25-27-29-32-35-38-41-44-47-50-56/h45,48,52-53,56-58H,2-44,46-47,49-51H2,1H3,(H,55,59)/b48-45+/t52-,53+/m0/s1. The summed E-state index contributed by atoms with van der Waals surface area (Å²) in [5.41, 5.74) is 0. The van der Waals surface area contributed by atoms with Crippen molar-refractivity contribution in [1.29, 1.82) is 0 Å². The maximum Gasteiger partial charge on any atom is 0.220 e. The number of rotatable bonds is 51. The van der Waals surface area contributed by atoms with Gasteiger partial charge in [-0.3, -0.25) is 4.79 Å². The van der Waals surface area contributed by atoms with E-state index >= 15 is 0 Å². The summed E-state index contributed by atoms with van der Waals surface area (Å²) in [6, 6.07) is -0.619. The first kappa shape index (κ1) is 58.1. The van der Waals surface area contributed by atoms with E-state index in [9.17, 15) is 15.0 Å². The van der Waals surface area contributed by atoms with E-state index in [1.807, 2.05) is 6.08 Å². The third-order valence-electron chi connectivity index (χ3n) is 12.8. The zero-order valence-electron chi connectivity index (χ0n) is 40.0. The van der Waals surface area contributed by atoms with Crippen LogP contribution in [0.2, 0.25) is 0 Å². The Morgan fingerprint density at radius 2 is 0.678 bits per heavy atom. The minimum absolute atomic E-state index is 0.0606. The summed E-state index contributed by atoms with van der Waals surface area (Å²) in [6.45, 7) is 2.39. The van der Waals surface area contributed by atoms with E-state index in [-0.39, 0.29) is 12.5 Å². The summed E-state index contributed by atoms with van der Waals surface area (Å²) in [6.07, 6.45) is 63.8. The Bertz CT molecular complexity index is 818. The summed E-state index contributed by atoms with van der Waals surface area (Å²) in [7, 11) is 0. The summed E-state index contributed by atoms with van der Waals surface area (Å²) in [5.74, 6) is -0.0606. The van der Waals surface area contributed by atoms with Crippen molar-refractivity contribution in [3.8, 4) is 0 Å². The van der Waals surface area contributed by atoms with E-state index in [0.29, 0.717) is 13.0 Å². The number of carbonyl (C=O) groups excluding carboxylic acids is 1. The molecule has 0 aliphatic rings. The Labute approximate surface area is 369 Å². The predicted molar refractivity (Wildman–Crippen MR) is 259 cm³/mol. The maximum absolute atomic E-state index is 12.4. The highest BCUT2D eigenvalue weighted by molar-refractivity contribution is 5.76. The van der Waals surface area contributed by atoms with Gasteiger partial charge in [-0.15, -0.1) is 0 Å². The molecule has 59 heavy (non-hydrogen) atoms. The van der Waals surface area contributed by atoms with Crippen LogP contribution < -0.4 is 5.32 Å². The highest BCUT2D eigenvalue weighted by Crippen LogP contribution is 2.18. The molecule has 2 atom stereocenters. The molecule has 0 aromatic carbocycles. The molecule has 4 N–H and O–H groups in total. The quantitative estimate of drug-likeness (QED) is 0.0363. The van der Waals surface area contributed by atoms with Gasteiger partial charge in [0.05, 0.1) is 18.8 Å². The Hall–Kier alpha value is -0.910. The van der Waals surface area contributed by atoms with Crippen molar-refractivity contribution in [2.24, 2.45) is 0 Å². The lowest BCUT2D eigenvalue weighted by Crippen LogP contribution is -2.45. The highest BCUT2D eigenvalue weighted by atomic mass is 16.3. The molecule has 0 unspecified atom stereocenters.